The molecule has 19 heavy (non-hydrogen) atoms. The topological polar surface area (TPSA) is 69.2 Å². The quantitative estimate of drug-likeness (QED) is 0.784. The Morgan fingerprint density at radius 3 is 2.89 bits per heavy atom. The molecule has 2 aromatic heterocycles. The van der Waals surface area contributed by atoms with Crippen LogP contribution in [0, 0.1) is 6.92 Å². The first-order valence-electron chi connectivity index (χ1n) is 6.39. The Balaban J connectivity index is 2.01. The van der Waals surface area contributed by atoms with E-state index in [0.29, 0.717) is 25.7 Å². The molecule has 104 valence electrons. The van der Waals surface area contributed by atoms with E-state index < -0.39 is 0 Å². The number of aryl methyl sites for hydroxylation is 1. The van der Waals surface area contributed by atoms with Crippen molar-refractivity contribution in [1.82, 2.24) is 19.4 Å². The van der Waals surface area contributed by atoms with Gasteiger partial charge in [-0.1, -0.05) is 0 Å². The van der Waals surface area contributed by atoms with Crippen molar-refractivity contribution in [3.8, 4) is 0 Å². The fourth-order valence-corrected chi connectivity index (χ4v) is 1.88. The van der Waals surface area contributed by atoms with Crippen molar-refractivity contribution in [2.24, 2.45) is 0 Å². The summed E-state index contributed by atoms with van der Waals surface area (Å²) in [4.78, 5) is 10.8. The zero-order valence-electron chi connectivity index (χ0n) is 11.8. The molecular weight excluding hydrogens is 242 g/mol. The molecule has 0 aliphatic carbocycles. The van der Waals surface area contributed by atoms with Crippen molar-refractivity contribution in [2.75, 3.05) is 39.6 Å². The van der Waals surface area contributed by atoms with E-state index in [0.717, 1.165) is 23.3 Å². The second kappa shape index (κ2) is 5.99. The van der Waals surface area contributed by atoms with Crippen LogP contribution in [0.25, 0.3) is 11.2 Å². The van der Waals surface area contributed by atoms with Crippen molar-refractivity contribution in [3.05, 3.63) is 17.8 Å². The Labute approximate surface area is 113 Å². The number of aromatic nitrogens is 3. The number of rotatable bonds is 6. The molecule has 0 saturated heterocycles. The van der Waals surface area contributed by atoms with Crippen molar-refractivity contribution in [2.45, 2.75) is 13.5 Å². The minimum absolute atomic E-state index is 0.494. The van der Waals surface area contributed by atoms with Gasteiger partial charge in [0.15, 0.2) is 5.65 Å². The summed E-state index contributed by atoms with van der Waals surface area (Å²) in [6.45, 7) is 4.92. The molecule has 0 radical (unpaired) electrons. The van der Waals surface area contributed by atoms with Gasteiger partial charge in [0.2, 0.25) is 5.95 Å². The van der Waals surface area contributed by atoms with Gasteiger partial charge < -0.3 is 15.4 Å². The highest BCUT2D eigenvalue weighted by Gasteiger charge is 2.10. The number of nitrogen functional groups attached to an aromatic ring is 1. The number of ether oxygens (including phenoxy) is 1. The molecule has 2 aromatic rings. The van der Waals surface area contributed by atoms with Crippen molar-refractivity contribution in [3.63, 3.8) is 0 Å². The van der Waals surface area contributed by atoms with Gasteiger partial charge in [-0.2, -0.15) is 0 Å². The van der Waals surface area contributed by atoms with E-state index in [9.17, 15) is 0 Å². The molecule has 0 amide bonds. The van der Waals surface area contributed by atoms with E-state index in [2.05, 4.69) is 14.9 Å². The zero-order chi connectivity index (χ0) is 13.8. The van der Waals surface area contributed by atoms with Crippen LogP contribution < -0.4 is 5.73 Å². The van der Waals surface area contributed by atoms with Crippen molar-refractivity contribution in [1.29, 1.82) is 0 Å². The zero-order valence-corrected chi connectivity index (χ0v) is 11.8. The van der Waals surface area contributed by atoms with Gasteiger partial charge in [0.05, 0.1) is 19.8 Å². The van der Waals surface area contributed by atoms with E-state index >= 15 is 0 Å². The third-order valence-electron chi connectivity index (χ3n) is 3.01. The fourth-order valence-electron chi connectivity index (χ4n) is 1.88. The number of pyridine rings is 1. The van der Waals surface area contributed by atoms with Gasteiger partial charge in [0.1, 0.15) is 5.52 Å². The van der Waals surface area contributed by atoms with Gasteiger partial charge >= 0.3 is 0 Å². The molecule has 2 rings (SSSR count). The average molecular weight is 263 g/mol. The van der Waals surface area contributed by atoms with Crippen LogP contribution in [0.1, 0.15) is 5.56 Å². The Kier molecular flexibility index (Phi) is 4.34. The molecule has 0 aliphatic rings. The van der Waals surface area contributed by atoms with Crippen LogP contribution in [-0.4, -0.2) is 53.3 Å². The molecule has 0 atom stereocenters. The van der Waals surface area contributed by atoms with Gasteiger partial charge in [-0.25, -0.2) is 9.97 Å². The van der Waals surface area contributed by atoms with Crippen LogP contribution >= 0.6 is 0 Å². The highest BCUT2D eigenvalue weighted by Crippen LogP contribution is 2.18. The predicted molar refractivity (Wildman–Crippen MR) is 76.1 cm³/mol. The molecule has 0 aromatic carbocycles. The van der Waals surface area contributed by atoms with E-state index in [1.165, 1.54) is 0 Å². The lowest BCUT2D eigenvalue weighted by molar-refractivity contribution is 0.112. The van der Waals surface area contributed by atoms with Crippen molar-refractivity contribution < 1.29 is 4.74 Å². The molecule has 0 unspecified atom stereocenters. The third-order valence-corrected chi connectivity index (χ3v) is 3.01. The summed E-state index contributed by atoms with van der Waals surface area (Å²) >= 11 is 0. The molecule has 0 bridgehead atoms. The number of anilines is 1. The van der Waals surface area contributed by atoms with Crippen LogP contribution in [0.3, 0.4) is 0 Å². The second-order valence-electron chi connectivity index (χ2n) is 4.84. The average Bonchev–Trinajstić information content (AvgIpc) is 2.67. The molecule has 0 spiro atoms. The summed E-state index contributed by atoms with van der Waals surface area (Å²) in [5.41, 5.74) is 8.72. The van der Waals surface area contributed by atoms with Crippen LogP contribution in [0.5, 0.6) is 0 Å². The Bertz CT molecular complexity index is 549. The predicted octanol–water partition coefficient (Wildman–Crippen LogP) is 0.900. The molecule has 6 nitrogen and oxygen atoms in total. The number of imidazole rings is 1. The number of nitrogens with two attached hydrogens (primary N) is 1. The summed E-state index contributed by atoms with van der Waals surface area (Å²) < 4.78 is 7.48. The molecule has 6 heteroatoms. The van der Waals surface area contributed by atoms with Crippen LogP contribution in [-0.2, 0) is 11.3 Å². The maximum absolute atomic E-state index is 5.93. The number of likely N-dealkylation sites (N-methyl/N-ethyl adjacent to an activating group) is 1. The molecule has 2 heterocycles. The summed E-state index contributed by atoms with van der Waals surface area (Å²) in [5.74, 6) is 0.494. The number of nitrogens with zero attached hydrogens (tertiary/aromatic N) is 4. The Morgan fingerprint density at radius 2 is 2.16 bits per heavy atom. The van der Waals surface area contributed by atoms with Gasteiger partial charge in [0, 0.05) is 12.7 Å². The minimum Gasteiger partial charge on any atom is -0.378 e. The summed E-state index contributed by atoms with van der Waals surface area (Å²) in [6.07, 6.45) is 1.78. The standard InChI is InChI=1S/C13H21N5O/c1-10-4-5-15-12-11(10)16-13(14)18(12)7-9-19-8-6-17(2)3/h4-5H,6-9H2,1-3H3,(H2,14,16). The second-order valence-corrected chi connectivity index (χ2v) is 4.84. The Morgan fingerprint density at radius 1 is 1.37 bits per heavy atom. The largest absolute Gasteiger partial charge is 0.378 e. The normalized spacial score (nSPS) is 11.6. The van der Waals surface area contributed by atoms with Gasteiger partial charge in [-0.05, 0) is 32.6 Å². The minimum atomic E-state index is 0.494. The first-order valence-corrected chi connectivity index (χ1v) is 6.39. The monoisotopic (exact) mass is 263 g/mol. The molecular formula is C13H21N5O. The first kappa shape index (κ1) is 13.8. The van der Waals surface area contributed by atoms with Crippen LogP contribution in [0.15, 0.2) is 12.3 Å². The number of fused-ring (bicyclic) bond motifs is 1. The van der Waals surface area contributed by atoms with E-state index in [4.69, 9.17) is 10.5 Å². The number of hydrogen-bond acceptors (Lipinski definition) is 5. The lowest BCUT2D eigenvalue weighted by Gasteiger charge is -2.10. The first-order chi connectivity index (χ1) is 9.09. The third kappa shape index (κ3) is 3.21. The Hall–Kier alpha value is -1.66. The smallest absolute Gasteiger partial charge is 0.202 e. The highest BCUT2D eigenvalue weighted by atomic mass is 16.5. The molecule has 0 saturated carbocycles. The van der Waals surface area contributed by atoms with E-state index in [1.807, 2.05) is 31.7 Å². The van der Waals surface area contributed by atoms with Crippen molar-refractivity contribution >= 4 is 17.1 Å². The summed E-state index contributed by atoms with van der Waals surface area (Å²) in [7, 11) is 4.05. The van der Waals surface area contributed by atoms with Gasteiger partial charge in [-0.15, -0.1) is 0 Å². The molecule has 0 fully saturated rings. The number of hydrogen-bond donors (Lipinski definition) is 1. The fraction of sp³-hybridized carbons (Fsp3) is 0.538. The van der Waals surface area contributed by atoms with Crippen LogP contribution in [0.4, 0.5) is 5.95 Å². The molecule has 0 aliphatic heterocycles. The lowest BCUT2D eigenvalue weighted by atomic mass is 10.3. The highest BCUT2D eigenvalue weighted by molar-refractivity contribution is 5.77. The SMILES string of the molecule is Cc1ccnc2c1nc(N)n2CCOCCN(C)C. The van der Waals surface area contributed by atoms with Gasteiger partial charge in [-0.3, -0.25) is 4.57 Å². The lowest BCUT2D eigenvalue weighted by Crippen LogP contribution is -2.19. The maximum atomic E-state index is 5.93. The maximum Gasteiger partial charge on any atom is 0.202 e. The summed E-state index contributed by atoms with van der Waals surface area (Å²) in [5, 5.41) is 0. The van der Waals surface area contributed by atoms with Gasteiger partial charge in [0.25, 0.3) is 0 Å². The summed E-state index contributed by atoms with van der Waals surface area (Å²) in [6, 6.07) is 1.94. The molecule has 2 N–H and O–H groups in total. The van der Waals surface area contributed by atoms with E-state index in [-0.39, 0.29) is 0 Å². The van der Waals surface area contributed by atoms with E-state index in [1.54, 1.807) is 6.20 Å². The van der Waals surface area contributed by atoms with Crippen LogP contribution in [0.2, 0.25) is 0 Å².